The Balaban J connectivity index is 1.59. The first kappa shape index (κ1) is 14.0. The van der Waals surface area contributed by atoms with Crippen LogP contribution in [0.4, 0.5) is 4.39 Å². The maximum Gasteiger partial charge on any atom is 0.261 e. The van der Waals surface area contributed by atoms with Gasteiger partial charge in [-0.1, -0.05) is 6.07 Å². The molecule has 1 heterocycles. The highest BCUT2D eigenvalue weighted by molar-refractivity contribution is 7.09. The van der Waals surface area contributed by atoms with Crippen molar-refractivity contribution in [3.05, 3.63) is 46.7 Å². The Labute approximate surface area is 126 Å². The highest BCUT2D eigenvalue weighted by Gasteiger charge is 2.33. The van der Waals surface area contributed by atoms with Gasteiger partial charge in [0.15, 0.2) is 6.61 Å². The lowest BCUT2D eigenvalue weighted by Gasteiger charge is -2.21. The van der Waals surface area contributed by atoms with Crippen molar-refractivity contribution >= 4 is 17.2 Å². The molecule has 3 rings (SSSR count). The van der Waals surface area contributed by atoms with Crippen LogP contribution in [0.3, 0.4) is 0 Å². The number of hydrogen-bond donors (Lipinski definition) is 0. The molecule has 110 valence electrons. The Morgan fingerprint density at radius 1 is 1.48 bits per heavy atom. The number of rotatable bonds is 6. The molecule has 1 aliphatic rings. The fraction of sp³-hybridized carbons (Fsp3) is 0.333. The second-order valence-corrected chi connectivity index (χ2v) is 5.90. The first-order valence-electron chi connectivity index (χ1n) is 6.78. The number of carbonyl (C=O) groups excluding carboxylic acids is 1. The summed E-state index contributed by atoms with van der Waals surface area (Å²) in [7, 11) is 0. The van der Waals surface area contributed by atoms with E-state index < -0.39 is 0 Å². The van der Waals surface area contributed by atoms with E-state index in [1.807, 2.05) is 5.38 Å². The van der Waals surface area contributed by atoms with E-state index in [0.29, 0.717) is 12.3 Å². The maximum atomic E-state index is 13.1. The van der Waals surface area contributed by atoms with E-state index in [0.717, 1.165) is 17.8 Å². The number of aromatic nitrogens is 1. The van der Waals surface area contributed by atoms with Crippen molar-refractivity contribution in [2.45, 2.75) is 25.4 Å². The third-order valence-electron chi connectivity index (χ3n) is 3.26. The van der Waals surface area contributed by atoms with E-state index in [1.54, 1.807) is 23.2 Å². The van der Waals surface area contributed by atoms with Crippen molar-refractivity contribution in [1.82, 2.24) is 9.88 Å². The molecule has 1 saturated carbocycles. The van der Waals surface area contributed by atoms with Crippen molar-refractivity contribution < 1.29 is 13.9 Å². The van der Waals surface area contributed by atoms with Gasteiger partial charge in [0.25, 0.3) is 5.91 Å². The first-order valence-corrected chi connectivity index (χ1v) is 7.66. The van der Waals surface area contributed by atoms with Crippen LogP contribution in [0.1, 0.15) is 17.8 Å². The zero-order valence-corrected chi connectivity index (χ0v) is 12.2. The Morgan fingerprint density at radius 2 is 2.33 bits per heavy atom. The predicted molar refractivity (Wildman–Crippen MR) is 77.6 cm³/mol. The predicted octanol–water partition coefficient (Wildman–Crippen LogP) is 2.85. The standard InChI is InChI=1S/C15H15FN2O2S/c16-11-2-1-3-13(8-11)20-10-15(19)18(12-4-5-12)9-14-17-6-7-21-14/h1-3,6-8,12H,4-5,9-10H2. The number of carbonyl (C=O) groups is 1. The Hall–Kier alpha value is -1.95. The summed E-state index contributed by atoms with van der Waals surface area (Å²) >= 11 is 1.53. The summed E-state index contributed by atoms with van der Waals surface area (Å²) in [6.07, 6.45) is 3.78. The van der Waals surface area contributed by atoms with E-state index in [2.05, 4.69) is 4.98 Å². The van der Waals surface area contributed by atoms with E-state index in [-0.39, 0.29) is 24.4 Å². The summed E-state index contributed by atoms with van der Waals surface area (Å²) in [6, 6.07) is 6.10. The number of hydrogen-bond acceptors (Lipinski definition) is 4. The van der Waals surface area contributed by atoms with Crippen molar-refractivity contribution in [1.29, 1.82) is 0 Å². The average molecular weight is 306 g/mol. The van der Waals surface area contributed by atoms with Crippen LogP contribution in [0, 0.1) is 5.82 Å². The number of amides is 1. The van der Waals surface area contributed by atoms with Gasteiger partial charge in [0.2, 0.25) is 0 Å². The number of thiazole rings is 1. The molecule has 0 unspecified atom stereocenters. The molecule has 1 fully saturated rings. The lowest BCUT2D eigenvalue weighted by Crippen LogP contribution is -2.36. The van der Waals surface area contributed by atoms with Crippen LogP contribution >= 0.6 is 11.3 Å². The van der Waals surface area contributed by atoms with Gasteiger partial charge in [-0.15, -0.1) is 11.3 Å². The number of benzene rings is 1. The lowest BCUT2D eigenvalue weighted by molar-refractivity contribution is -0.134. The fourth-order valence-electron chi connectivity index (χ4n) is 2.07. The number of nitrogens with zero attached hydrogens (tertiary/aromatic N) is 2. The van der Waals surface area contributed by atoms with Crippen LogP contribution in [-0.4, -0.2) is 28.4 Å². The topological polar surface area (TPSA) is 42.4 Å². The molecule has 0 N–H and O–H groups in total. The quantitative estimate of drug-likeness (QED) is 0.824. The zero-order valence-electron chi connectivity index (χ0n) is 11.4. The molecule has 0 spiro atoms. The Morgan fingerprint density at radius 3 is 3.00 bits per heavy atom. The van der Waals surface area contributed by atoms with E-state index in [1.165, 1.54) is 23.5 Å². The number of ether oxygens (including phenoxy) is 1. The molecule has 0 bridgehead atoms. The highest BCUT2D eigenvalue weighted by atomic mass is 32.1. The van der Waals surface area contributed by atoms with E-state index in [4.69, 9.17) is 4.74 Å². The van der Waals surface area contributed by atoms with Gasteiger partial charge in [0, 0.05) is 23.7 Å². The molecule has 0 radical (unpaired) electrons. The van der Waals surface area contributed by atoms with E-state index >= 15 is 0 Å². The second kappa shape index (κ2) is 6.22. The number of halogens is 1. The summed E-state index contributed by atoms with van der Waals surface area (Å²) < 4.78 is 18.4. The molecule has 4 nitrogen and oxygen atoms in total. The molecule has 1 amide bonds. The van der Waals surface area contributed by atoms with Crippen LogP contribution in [0.25, 0.3) is 0 Å². The zero-order chi connectivity index (χ0) is 14.7. The SMILES string of the molecule is O=C(COc1cccc(F)c1)N(Cc1nccs1)C1CC1. The molecule has 21 heavy (non-hydrogen) atoms. The van der Waals surface area contributed by atoms with Crippen LogP contribution < -0.4 is 4.74 Å². The van der Waals surface area contributed by atoms with Gasteiger partial charge in [-0.05, 0) is 25.0 Å². The second-order valence-electron chi connectivity index (χ2n) is 4.92. The Bertz CT molecular complexity index is 614. The molecule has 0 aliphatic heterocycles. The fourth-order valence-corrected chi connectivity index (χ4v) is 2.68. The molecule has 2 aromatic rings. The minimum Gasteiger partial charge on any atom is -0.484 e. The molecular weight excluding hydrogens is 291 g/mol. The van der Waals surface area contributed by atoms with Crippen molar-refractivity contribution in [3.63, 3.8) is 0 Å². The minimum atomic E-state index is -0.373. The van der Waals surface area contributed by atoms with Crippen LogP contribution in [-0.2, 0) is 11.3 Å². The summed E-state index contributed by atoms with van der Waals surface area (Å²) in [4.78, 5) is 18.3. The Kier molecular flexibility index (Phi) is 4.15. The van der Waals surface area contributed by atoms with Gasteiger partial charge in [-0.25, -0.2) is 9.37 Å². The summed E-state index contributed by atoms with van der Waals surface area (Å²) in [6.45, 7) is 0.443. The summed E-state index contributed by atoms with van der Waals surface area (Å²) in [5.41, 5.74) is 0. The molecule has 0 saturated heterocycles. The molecule has 1 aromatic carbocycles. The van der Waals surface area contributed by atoms with Crippen LogP contribution in [0.15, 0.2) is 35.8 Å². The third kappa shape index (κ3) is 3.78. The van der Waals surface area contributed by atoms with E-state index in [9.17, 15) is 9.18 Å². The van der Waals surface area contributed by atoms with Gasteiger partial charge in [-0.3, -0.25) is 4.79 Å². The molecule has 0 atom stereocenters. The first-order chi connectivity index (χ1) is 10.2. The molecule has 1 aliphatic carbocycles. The van der Waals surface area contributed by atoms with Crippen molar-refractivity contribution in [2.75, 3.05) is 6.61 Å². The van der Waals surface area contributed by atoms with Gasteiger partial charge in [0.05, 0.1) is 6.54 Å². The van der Waals surface area contributed by atoms with Gasteiger partial charge in [-0.2, -0.15) is 0 Å². The van der Waals surface area contributed by atoms with Crippen LogP contribution in [0.5, 0.6) is 5.75 Å². The molecular formula is C15H15FN2O2S. The normalized spacial score (nSPS) is 14.0. The van der Waals surface area contributed by atoms with Gasteiger partial charge in [0.1, 0.15) is 16.6 Å². The molecule has 1 aromatic heterocycles. The minimum absolute atomic E-state index is 0.0780. The third-order valence-corrected chi connectivity index (χ3v) is 4.02. The monoisotopic (exact) mass is 306 g/mol. The van der Waals surface area contributed by atoms with Gasteiger partial charge < -0.3 is 9.64 Å². The smallest absolute Gasteiger partial charge is 0.261 e. The van der Waals surface area contributed by atoms with Crippen molar-refractivity contribution in [2.24, 2.45) is 0 Å². The highest BCUT2D eigenvalue weighted by Crippen LogP contribution is 2.29. The molecule has 6 heteroatoms. The summed E-state index contributed by atoms with van der Waals surface area (Å²) in [5, 5.41) is 2.81. The largest absolute Gasteiger partial charge is 0.484 e. The lowest BCUT2D eigenvalue weighted by atomic mass is 10.3. The van der Waals surface area contributed by atoms with Crippen LogP contribution in [0.2, 0.25) is 0 Å². The average Bonchev–Trinajstić information content (AvgIpc) is 3.19. The van der Waals surface area contributed by atoms with Gasteiger partial charge >= 0.3 is 0 Å². The summed E-state index contributed by atoms with van der Waals surface area (Å²) in [5.74, 6) is -0.0907. The maximum absolute atomic E-state index is 13.1. The van der Waals surface area contributed by atoms with Crippen molar-refractivity contribution in [3.8, 4) is 5.75 Å².